The third kappa shape index (κ3) is 4.67. The first-order chi connectivity index (χ1) is 11.6. The van der Waals surface area contributed by atoms with Crippen LogP contribution in [0.2, 0.25) is 5.02 Å². The number of hydrogen-bond acceptors (Lipinski definition) is 7. The fourth-order valence-electron chi connectivity index (χ4n) is 2.42. The minimum Gasteiger partial charge on any atom is -0.452 e. The standard InChI is InChI=1S/C14H15ClN2O7S/c1-16(10-4-5-25(22,23)8-10)13(18)7-24-14(19)11-3-2-9(15)6-12(11)17(20)21/h2-3,6,10H,4-5,7-8H2,1H3/t10-/m1/s1. The van der Waals surface area contributed by atoms with Crippen LogP contribution in [-0.4, -0.2) is 61.3 Å². The van der Waals surface area contributed by atoms with Crippen LogP contribution in [0.15, 0.2) is 18.2 Å². The summed E-state index contributed by atoms with van der Waals surface area (Å²) in [5.41, 5.74) is -0.853. The first-order valence-corrected chi connectivity index (χ1v) is 9.38. The van der Waals surface area contributed by atoms with Gasteiger partial charge in [-0.1, -0.05) is 11.6 Å². The van der Waals surface area contributed by atoms with E-state index in [1.165, 1.54) is 18.0 Å². The SMILES string of the molecule is CN(C(=O)COC(=O)c1ccc(Cl)cc1[N+](=O)[O-])[C@@H]1CCS(=O)(=O)C1. The molecule has 0 radical (unpaired) electrons. The van der Waals surface area contributed by atoms with Crippen LogP contribution in [0.3, 0.4) is 0 Å². The third-order valence-electron chi connectivity index (χ3n) is 3.85. The number of carbonyl (C=O) groups excluding carboxylic acids is 2. The zero-order valence-electron chi connectivity index (χ0n) is 13.2. The first kappa shape index (κ1) is 19.1. The minimum atomic E-state index is -3.16. The Kier molecular flexibility index (Phi) is 5.63. The van der Waals surface area contributed by atoms with Crippen LogP contribution in [0.5, 0.6) is 0 Å². The molecular formula is C14H15ClN2O7S. The maximum atomic E-state index is 12.0. The molecule has 25 heavy (non-hydrogen) atoms. The summed E-state index contributed by atoms with van der Waals surface area (Å²) in [5.74, 6) is -1.76. The molecule has 0 bridgehead atoms. The average molecular weight is 391 g/mol. The number of rotatable bonds is 5. The van der Waals surface area contributed by atoms with Gasteiger partial charge in [-0.3, -0.25) is 14.9 Å². The second-order valence-electron chi connectivity index (χ2n) is 5.56. The monoisotopic (exact) mass is 390 g/mol. The number of amides is 1. The number of nitrogens with zero attached hydrogens (tertiary/aromatic N) is 2. The van der Waals surface area contributed by atoms with E-state index >= 15 is 0 Å². The van der Waals surface area contributed by atoms with E-state index in [0.29, 0.717) is 6.42 Å². The van der Waals surface area contributed by atoms with Gasteiger partial charge in [-0.15, -0.1) is 0 Å². The van der Waals surface area contributed by atoms with Crippen molar-refractivity contribution in [1.82, 2.24) is 4.90 Å². The Morgan fingerprint density at radius 3 is 2.68 bits per heavy atom. The highest BCUT2D eigenvalue weighted by Gasteiger charge is 2.33. The number of esters is 1. The molecule has 1 aromatic carbocycles. The van der Waals surface area contributed by atoms with Crippen LogP contribution in [-0.2, 0) is 19.4 Å². The van der Waals surface area contributed by atoms with Gasteiger partial charge in [-0.2, -0.15) is 0 Å². The molecule has 1 fully saturated rings. The van der Waals surface area contributed by atoms with Gasteiger partial charge in [-0.05, 0) is 18.6 Å². The van der Waals surface area contributed by atoms with Crippen LogP contribution in [0.25, 0.3) is 0 Å². The fraction of sp³-hybridized carbons (Fsp3) is 0.429. The maximum Gasteiger partial charge on any atom is 0.345 e. The van der Waals surface area contributed by atoms with Gasteiger partial charge >= 0.3 is 5.97 Å². The van der Waals surface area contributed by atoms with Gasteiger partial charge in [0.25, 0.3) is 11.6 Å². The number of nitro groups is 1. The molecule has 1 saturated heterocycles. The van der Waals surface area contributed by atoms with E-state index in [0.717, 1.165) is 12.1 Å². The van der Waals surface area contributed by atoms with E-state index in [1.807, 2.05) is 0 Å². The number of benzene rings is 1. The molecule has 0 aromatic heterocycles. The van der Waals surface area contributed by atoms with E-state index in [4.69, 9.17) is 16.3 Å². The lowest BCUT2D eigenvalue weighted by Gasteiger charge is -2.23. The van der Waals surface area contributed by atoms with Crippen LogP contribution >= 0.6 is 11.6 Å². The first-order valence-electron chi connectivity index (χ1n) is 7.18. The Labute approximate surface area is 148 Å². The topological polar surface area (TPSA) is 124 Å². The molecule has 0 aliphatic carbocycles. The normalized spacial score (nSPS) is 18.6. The summed E-state index contributed by atoms with van der Waals surface area (Å²) >= 11 is 5.66. The molecular weight excluding hydrogens is 376 g/mol. The molecule has 0 saturated carbocycles. The van der Waals surface area contributed by atoms with Crippen LogP contribution in [0, 0.1) is 10.1 Å². The van der Waals surface area contributed by atoms with Gasteiger partial charge in [0.05, 0.1) is 16.4 Å². The highest BCUT2D eigenvalue weighted by atomic mass is 35.5. The Bertz CT molecular complexity index is 824. The predicted molar refractivity (Wildman–Crippen MR) is 88.2 cm³/mol. The van der Waals surface area contributed by atoms with E-state index in [9.17, 15) is 28.1 Å². The van der Waals surface area contributed by atoms with Crippen molar-refractivity contribution in [2.45, 2.75) is 12.5 Å². The maximum absolute atomic E-state index is 12.0. The zero-order chi connectivity index (χ0) is 18.8. The van der Waals surface area contributed by atoms with Crippen LogP contribution < -0.4 is 0 Å². The zero-order valence-corrected chi connectivity index (χ0v) is 14.7. The molecule has 0 spiro atoms. The molecule has 1 aliphatic rings. The number of nitro benzene ring substituents is 1. The van der Waals surface area contributed by atoms with Gasteiger partial charge in [0.1, 0.15) is 5.56 Å². The lowest BCUT2D eigenvalue weighted by Crippen LogP contribution is -2.40. The summed E-state index contributed by atoms with van der Waals surface area (Å²) < 4.78 is 27.7. The number of sulfone groups is 1. The van der Waals surface area contributed by atoms with E-state index in [1.54, 1.807) is 0 Å². The lowest BCUT2D eigenvalue weighted by atomic mass is 10.2. The lowest BCUT2D eigenvalue weighted by molar-refractivity contribution is -0.385. The third-order valence-corrected chi connectivity index (χ3v) is 5.84. The highest BCUT2D eigenvalue weighted by Crippen LogP contribution is 2.24. The van der Waals surface area contributed by atoms with Crippen molar-refractivity contribution in [1.29, 1.82) is 0 Å². The van der Waals surface area contributed by atoms with Gasteiger partial charge in [-0.25, -0.2) is 13.2 Å². The molecule has 9 nitrogen and oxygen atoms in total. The molecule has 136 valence electrons. The number of likely N-dealkylation sites (N-methyl/N-ethyl adjacent to an activating group) is 1. The molecule has 0 unspecified atom stereocenters. The molecule has 0 N–H and O–H groups in total. The van der Waals surface area contributed by atoms with Gasteiger partial charge < -0.3 is 9.64 Å². The van der Waals surface area contributed by atoms with E-state index in [-0.39, 0.29) is 22.1 Å². The van der Waals surface area contributed by atoms with Crippen molar-refractivity contribution in [3.8, 4) is 0 Å². The smallest absolute Gasteiger partial charge is 0.345 e. The summed E-state index contributed by atoms with van der Waals surface area (Å²) in [7, 11) is -1.73. The van der Waals surface area contributed by atoms with Crippen molar-refractivity contribution in [2.75, 3.05) is 25.2 Å². The molecule has 11 heteroatoms. The highest BCUT2D eigenvalue weighted by molar-refractivity contribution is 7.91. The molecule has 1 heterocycles. The molecule has 1 atom stereocenters. The largest absolute Gasteiger partial charge is 0.452 e. The summed E-state index contributed by atoms with van der Waals surface area (Å²) in [4.78, 5) is 35.5. The minimum absolute atomic E-state index is 0.00600. The van der Waals surface area contributed by atoms with Crippen molar-refractivity contribution in [3.05, 3.63) is 38.9 Å². The van der Waals surface area contributed by atoms with Crippen molar-refractivity contribution in [3.63, 3.8) is 0 Å². The second-order valence-corrected chi connectivity index (χ2v) is 8.22. The summed E-state index contributed by atoms with van der Waals surface area (Å²) in [6, 6.07) is 2.97. The number of ether oxygens (including phenoxy) is 1. The summed E-state index contributed by atoms with van der Waals surface area (Å²) in [6.45, 7) is -0.647. The number of halogens is 1. The predicted octanol–water partition coefficient (Wildman–Crippen LogP) is 1.05. The molecule has 1 aliphatic heterocycles. The average Bonchev–Trinajstić information content (AvgIpc) is 2.91. The van der Waals surface area contributed by atoms with Gasteiger partial charge in [0, 0.05) is 24.2 Å². The van der Waals surface area contributed by atoms with Crippen molar-refractivity contribution in [2.24, 2.45) is 0 Å². The van der Waals surface area contributed by atoms with Gasteiger partial charge in [0.2, 0.25) is 0 Å². The second kappa shape index (κ2) is 7.36. The van der Waals surface area contributed by atoms with Crippen molar-refractivity contribution >= 4 is 39.0 Å². The Morgan fingerprint density at radius 2 is 2.12 bits per heavy atom. The Balaban J connectivity index is 2.00. The fourth-order valence-corrected chi connectivity index (χ4v) is 4.36. The quantitative estimate of drug-likeness (QED) is 0.418. The molecule has 2 rings (SSSR count). The summed E-state index contributed by atoms with van der Waals surface area (Å²) in [6.07, 6.45) is 0.321. The Hall–Kier alpha value is -2.20. The Morgan fingerprint density at radius 1 is 1.44 bits per heavy atom. The van der Waals surface area contributed by atoms with Gasteiger partial charge in [0.15, 0.2) is 16.4 Å². The number of hydrogen-bond donors (Lipinski definition) is 0. The van der Waals surface area contributed by atoms with Crippen LogP contribution in [0.4, 0.5) is 5.69 Å². The van der Waals surface area contributed by atoms with Crippen molar-refractivity contribution < 1.29 is 27.7 Å². The van der Waals surface area contributed by atoms with E-state index in [2.05, 4.69) is 0 Å². The number of carbonyl (C=O) groups is 2. The van der Waals surface area contributed by atoms with Crippen LogP contribution in [0.1, 0.15) is 16.8 Å². The molecule has 1 aromatic rings. The summed E-state index contributed by atoms with van der Waals surface area (Å²) in [5, 5.41) is 11.1. The van der Waals surface area contributed by atoms with E-state index < -0.39 is 45.0 Å². The molecule has 1 amide bonds.